The molecule has 1 aliphatic heterocycles. The van der Waals surface area contributed by atoms with Crippen molar-refractivity contribution in [3.05, 3.63) is 60.9 Å². The minimum absolute atomic E-state index is 0.124. The number of piperazine rings is 1. The van der Waals surface area contributed by atoms with Crippen molar-refractivity contribution >= 4 is 28.8 Å². The van der Waals surface area contributed by atoms with E-state index >= 15 is 0 Å². The van der Waals surface area contributed by atoms with Crippen LogP contribution in [0.5, 0.6) is 11.5 Å². The van der Waals surface area contributed by atoms with Crippen LogP contribution in [-0.4, -0.2) is 76.8 Å². The summed E-state index contributed by atoms with van der Waals surface area (Å²) in [5.74, 6) is -1.04. The van der Waals surface area contributed by atoms with Crippen molar-refractivity contribution in [2.45, 2.75) is 6.92 Å². The Morgan fingerprint density at radius 1 is 0.825 bits per heavy atom. The summed E-state index contributed by atoms with van der Waals surface area (Å²) in [4.78, 5) is 26.1. The van der Waals surface area contributed by atoms with Crippen LogP contribution in [0.4, 0.5) is 37.6 Å². The molecule has 11 nitrogen and oxygen atoms in total. The topological polar surface area (TPSA) is 113 Å². The monoisotopic (exact) mass is 549 g/mol. The molecule has 4 heterocycles. The smallest absolute Gasteiger partial charge is 0.191 e. The Balaban J connectivity index is 1.36. The van der Waals surface area contributed by atoms with Gasteiger partial charge in [0.05, 0.1) is 37.4 Å². The van der Waals surface area contributed by atoms with Gasteiger partial charge in [-0.05, 0) is 18.7 Å². The molecule has 0 aliphatic carbocycles. The highest BCUT2D eigenvalue weighted by Crippen LogP contribution is 2.37. The van der Waals surface area contributed by atoms with Crippen molar-refractivity contribution in [2.24, 2.45) is 0 Å². The summed E-state index contributed by atoms with van der Waals surface area (Å²) >= 11 is 0. The van der Waals surface area contributed by atoms with Crippen molar-refractivity contribution in [3.8, 4) is 22.8 Å². The molecule has 13 heteroatoms. The molecule has 0 amide bonds. The largest absolute Gasteiger partial charge is 0.493 e. The van der Waals surface area contributed by atoms with Crippen molar-refractivity contribution in [1.82, 2.24) is 29.8 Å². The van der Waals surface area contributed by atoms with E-state index in [2.05, 4.69) is 52.3 Å². The lowest BCUT2D eigenvalue weighted by Gasteiger charge is -2.35. The van der Waals surface area contributed by atoms with Gasteiger partial charge in [0.1, 0.15) is 35.8 Å². The normalized spacial score (nSPS) is 13.7. The third-order valence-electron chi connectivity index (χ3n) is 6.66. The molecule has 1 aliphatic rings. The summed E-state index contributed by atoms with van der Waals surface area (Å²) in [5, 5.41) is 5.88. The van der Waals surface area contributed by atoms with E-state index in [0.717, 1.165) is 44.5 Å². The number of aromatic nitrogens is 5. The zero-order valence-corrected chi connectivity index (χ0v) is 22.4. The number of halogens is 2. The van der Waals surface area contributed by atoms with Crippen molar-refractivity contribution in [2.75, 3.05) is 62.5 Å². The standard InChI is InChI=1S/C27H29F2N9O2/c1-4-37-7-9-38(10-8-37)17-5-6-22(31-13-17)35-23-11-19(32-16-33-23)18-14-30-15-34-27(18)36-26-24(28)20(39-2)12-21(40-3)25(26)29/h5-6,11-16H,4,7-10H2,1-3H3,(H,30,34,36)(H,31,32,33,35). The molecule has 1 saturated heterocycles. The highest BCUT2D eigenvalue weighted by molar-refractivity contribution is 5.78. The van der Waals surface area contributed by atoms with Crippen molar-refractivity contribution in [3.63, 3.8) is 0 Å². The van der Waals surface area contributed by atoms with Crippen molar-refractivity contribution in [1.29, 1.82) is 0 Å². The molecule has 0 saturated carbocycles. The van der Waals surface area contributed by atoms with Crippen LogP contribution in [0.25, 0.3) is 11.3 Å². The van der Waals surface area contributed by atoms with Gasteiger partial charge in [-0.2, -0.15) is 0 Å². The number of ether oxygens (including phenoxy) is 2. The maximum absolute atomic E-state index is 15.0. The van der Waals surface area contributed by atoms with Gasteiger partial charge in [0.15, 0.2) is 23.1 Å². The van der Waals surface area contributed by atoms with E-state index in [-0.39, 0.29) is 17.3 Å². The Hall–Kier alpha value is -4.65. The van der Waals surface area contributed by atoms with Crippen LogP contribution in [0.1, 0.15) is 6.92 Å². The molecule has 0 atom stereocenters. The van der Waals surface area contributed by atoms with Gasteiger partial charge in [-0.25, -0.2) is 33.7 Å². The Labute approximate surface area is 230 Å². The number of hydrogen-bond acceptors (Lipinski definition) is 11. The van der Waals surface area contributed by atoms with E-state index in [1.807, 2.05) is 18.3 Å². The zero-order chi connectivity index (χ0) is 28.1. The van der Waals surface area contributed by atoms with Crippen LogP contribution in [0, 0.1) is 11.6 Å². The van der Waals surface area contributed by atoms with Crippen LogP contribution in [0.2, 0.25) is 0 Å². The molecule has 2 N–H and O–H groups in total. The van der Waals surface area contributed by atoms with E-state index in [4.69, 9.17) is 9.47 Å². The first-order valence-corrected chi connectivity index (χ1v) is 12.7. The summed E-state index contributed by atoms with van der Waals surface area (Å²) in [5.41, 5.74) is 1.39. The zero-order valence-electron chi connectivity index (χ0n) is 22.4. The summed E-state index contributed by atoms with van der Waals surface area (Å²) in [6.45, 7) is 7.23. The number of rotatable bonds is 9. The predicted octanol–water partition coefficient (Wildman–Crippen LogP) is 4.25. The van der Waals surface area contributed by atoms with Crippen molar-refractivity contribution < 1.29 is 18.3 Å². The number of nitrogens with zero attached hydrogens (tertiary/aromatic N) is 7. The lowest BCUT2D eigenvalue weighted by atomic mass is 10.2. The molecule has 5 rings (SSSR count). The molecule has 0 spiro atoms. The van der Waals surface area contributed by atoms with Gasteiger partial charge in [-0.1, -0.05) is 6.92 Å². The molecule has 0 unspecified atom stereocenters. The van der Waals surface area contributed by atoms with Gasteiger partial charge in [-0.15, -0.1) is 0 Å². The van der Waals surface area contributed by atoms with E-state index in [9.17, 15) is 8.78 Å². The number of anilines is 5. The average molecular weight is 550 g/mol. The van der Waals surface area contributed by atoms with Crippen LogP contribution >= 0.6 is 0 Å². The number of hydrogen-bond donors (Lipinski definition) is 2. The molecule has 0 bridgehead atoms. The maximum atomic E-state index is 15.0. The lowest BCUT2D eigenvalue weighted by Crippen LogP contribution is -2.46. The summed E-state index contributed by atoms with van der Waals surface area (Å²) in [7, 11) is 2.56. The molecule has 3 aromatic heterocycles. The summed E-state index contributed by atoms with van der Waals surface area (Å²) in [6, 6.07) is 6.72. The second kappa shape index (κ2) is 12.0. The quantitative estimate of drug-likeness (QED) is 0.312. The number of methoxy groups -OCH3 is 2. The number of benzene rings is 1. The predicted molar refractivity (Wildman–Crippen MR) is 148 cm³/mol. The van der Waals surface area contributed by atoms with E-state index < -0.39 is 17.3 Å². The Kier molecular flexibility index (Phi) is 8.10. The average Bonchev–Trinajstić information content (AvgIpc) is 3.00. The molecule has 1 aromatic carbocycles. The first-order chi connectivity index (χ1) is 19.5. The van der Waals surface area contributed by atoms with Gasteiger partial charge in [0, 0.05) is 44.5 Å². The van der Waals surface area contributed by atoms with E-state index in [0.29, 0.717) is 22.9 Å². The highest BCUT2D eigenvalue weighted by Gasteiger charge is 2.22. The van der Waals surface area contributed by atoms with Crippen LogP contribution in [0.15, 0.2) is 49.3 Å². The summed E-state index contributed by atoms with van der Waals surface area (Å²) < 4.78 is 40.0. The molecule has 4 aromatic rings. The maximum Gasteiger partial charge on any atom is 0.191 e. The van der Waals surface area contributed by atoms with Gasteiger partial charge in [-0.3, -0.25) is 0 Å². The van der Waals surface area contributed by atoms with Gasteiger partial charge in [0.2, 0.25) is 0 Å². The molecule has 40 heavy (non-hydrogen) atoms. The lowest BCUT2D eigenvalue weighted by molar-refractivity contribution is 0.271. The Bertz CT molecular complexity index is 1440. The number of likely N-dealkylation sites (N-methyl/N-ethyl adjacent to an activating group) is 1. The Morgan fingerprint density at radius 2 is 1.57 bits per heavy atom. The van der Waals surface area contributed by atoms with Gasteiger partial charge >= 0.3 is 0 Å². The second-order valence-electron chi connectivity index (χ2n) is 8.93. The summed E-state index contributed by atoms with van der Waals surface area (Å²) in [6.07, 6.45) is 5.95. The first-order valence-electron chi connectivity index (χ1n) is 12.7. The van der Waals surface area contributed by atoms with E-state index in [1.165, 1.54) is 33.1 Å². The second-order valence-corrected chi connectivity index (χ2v) is 8.93. The number of nitrogens with one attached hydrogen (secondary N) is 2. The van der Waals surface area contributed by atoms with Gasteiger partial charge in [0.25, 0.3) is 0 Å². The van der Waals surface area contributed by atoms with Crippen LogP contribution in [0.3, 0.4) is 0 Å². The Morgan fingerprint density at radius 3 is 2.23 bits per heavy atom. The fourth-order valence-electron chi connectivity index (χ4n) is 4.40. The molecule has 0 radical (unpaired) electrons. The van der Waals surface area contributed by atoms with Crippen LogP contribution < -0.4 is 25.0 Å². The minimum Gasteiger partial charge on any atom is -0.493 e. The van der Waals surface area contributed by atoms with E-state index in [1.54, 1.807) is 6.07 Å². The molecular formula is C27H29F2N9O2. The third-order valence-corrected chi connectivity index (χ3v) is 6.66. The van der Waals surface area contributed by atoms with Gasteiger partial charge < -0.3 is 29.9 Å². The third kappa shape index (κ3) is 5.69. The fourth-order valence-corrected chi connectivity index (χ4v) is 4.40. The highest BCUT2D eigenvalue weighted by atomic mass is 19.1. The fraction of sp³-hybridized carbons (Fsp3) is 0.296. The molecular weight excluding hydrogens is 520 g/mol. The molecule has 208 valence electrons. The SMILES string of the molecule is CCN1CCN(c2ccc(Nc3cc(-c4cncnc4Nc4c(F)c(OC)cc(OC)c4F)ncn3)nc2)CC1. The number of pyridine rings is 1. The first kappa shape index (κ1) is 26.9. The van der Waals surface area contributed by atoms with Crippen LogP contribution in [-0.2, 0) is 0 Å². The minimum atomic E-state index is -0.933. The molecule has 1 fully saturated rings.